The van der Waals surface area contributed by atoms with Crippen LogP contribution in [0.2, 0.25) is 0 Å². The van der Waals surface area contributed by atoms with Gasteiger partial charge in [-0.05, 0) is 30.7 Å². The normalized spacial score (nSPS) is 21.7. The number of aliphatic hydroxyl groups is 1. The molecule has 2 N–H and O–H groups in total. The maximum absolute atomic E-state index is 11.0. The minimum absolute atomic E-state index is 0.105. The molecule has 0 saturated heterocycles. The second-order valence-corrected chi connectivity index (χ2v) is 8.33. The summed E-state index contributed by atoms with van der Waals surface area (Å²) >= 11 is 0. The molecule has 1 heterocycles. The number of aromatic nitrogens is 1. The highest BCUT2D eigenvalue weighted by Crippen LogP contribution is 2.41. The van der Waals surface area contributed by atoms with Crippen molar-refractivity contribution in [1.82, 2.24) is 9.29 Å². The average molecular weight is 300 g/mol. The van der Waals surface area contributed by atoms with Crippen molar-refractivity contribution < 1.29 is 13.5 Å². The first kappa shape index (κ1) is 15.5. The third kappa shape index (κ3) is 3.84. The fraction of sp³-hybridized carbons (Fsp3) is 0.714. The van der Waals surface area contributed by atoms with Crippen LogP contribution in [-0.4, -0.2) is 30.9 Å². The third-order valence-corrected chi connectivity index (χ3v) is 4.53. The van der Waals surface area contributed by atoms with E-state index in [1.807, 2.05) is 12.3 Å². The van der Waals surface area contributed by atoms with E-state index in [4.69, 9.17) is 0 Å². The summed E-state index contributed by atoms with van der Waals surface area (Å²) in [5.74, 6) is 0. The van der Waals surface area contributed by atoms with Crippen molar-refractivity contribution in [2.24, 2.45) is 5.41 Å². The van der Waals surface area contributed by atoms with Gasteiger partial charge >= 0.3 is 0 Å². The van der Waals surface area contributed by atoms with Crippen LogP contribution in [0.3, 0.4) is 0 Å². The molecule has 1 aliphatic rings. The zero-order chi connectivity index (χ0) is 15.0. The van der Waals surface area contributed by atoms with Crippen LogP contribution in [-0.2, 0) is 23.0 Å². The molecule has 0 aromatic carbocycles. The van der Waals surface area contributed by atoms with Crippen molar-refractivity contribution in [3.63, 3.8) is 0 Å². The summed E-state index contributed by atoms with van der Waals surface area (Å²) in [5, 5.41) is 10.2. The van der Waals surface area contributed by atoms with Gasteiger partial charge in [0, 0.05) is 30.5 Å². The van der Waals surface area contributed by atoms with E-state index in [-0.39, 0.29) is 11.5 Å². The highest BCUT2D eigenvalue weighted by Gasteiger charge is 2.32. The van der Waals surface area contributed by atoms with Crippen molar-refractivity contribution in [1.29, 1.82) is 0 Å². The van der Waals surface area contributed by atoms with Crippen LogP contribution in [0, 0.1) is 5.41 Å². The SMILES string of the molecule is CC1(C)Cc2c(ccn2CCCNS(C)(=O)=O)C(O)C1. The number of aryl methyl sites for hydroxylation is 1. The number of hydrogen-bond acceptors (Lipinski definition) is 3. The molecule has 0 aliphatic heterocycles. The van der Waals surface area contributed by atoms with Crippen molar-refractivity contribution in [2.75, 3.05) is 12.8 Å². The lowest BCUT2D eigenvalue weighted by molar-refractivity contribution is 0.0979. The van der Waals surface area contributed by atoms with Crippen LogP contribution >= 0.6 is 0 Å². The number of sulfonamides is 1. The Morgan fingerprint density at radius 1 is 1.50 bits per heavy atom. The van der Waals surface area contributed by atoms with Gasteiger partial charge in [0.25, 0.3) is 0 Å². The molecule has 0 bridgehead atoms. The molecule has 0 amide bonds. The predicted molar refractivity (Wildman–Crippen MR) is 79.0 cm³/mol. The van der Waals surface area contributed by atoms with E-state index in [1.165, 1.54) is 11.9 Å². The Bertz CT molecular complexity index is 575. The first-order chi connectivity index (χ1) is 9.18. The molecule has 114 valence electrons. The fourth-order valence-corrected chi connectivity index (χ4v) is 3.42. The Balaban J connectivity index is 2.01. The molecule has 2 rings (SSSR count). The first-order valence-electron chi connectivity index (χ1n) is 6.99. The van der Waals surface area contributed by atoms with E-state index in [2.05, 4.69) is 23.1 Å². The van der Waals surface area contributed by atoms with E-state index in [0.29, 0.717) is 6.54 Å². The summed E-state index contributed by atoms with van der Waals surface area (Å²) in [6.07, 6.45) is 5.26. The number of rotatable bonds is 5. The molecule has 0 fully saturated rings. The van der Waals surface area contributed by atoms with Gasteiger partial charge in [-0.3, -0.25) is 0 Å². The second-order valence-electron chi connectivity index (χ2n) is 6.49. The van der Waals surface area contributed by atoms with Crippen LogP contribution in [0.5, 0.6) is 0 Å². The molecule has 6 heteroatoms. The molecule has 0 spiro atoms. The Morgan fingerprint density at radius 2 is 2.20 bits per heavy atom. The van der Waals surface area contributed by atoms with Crippen LogP contribution < -0.4 is 4.72 Å². The zero-order valence-corrected chi connectivity index (χ0v) is 13.2. The lowest BCUT2D eigenvalue weighted by Gasteiger charge is -2.34. The highest BCUT2D eigenvalue weighted by atomic mass is 32.2. The molecule has 0 radical (unpaired) electrons. The molecular formula is C14H24N2O3S. The van der Waals surface area contributed by atoms with Gasteiger partial charge in [0.1, 0.15) is 0 Å². The lowest BCUT2D eigenvalue weighted by Crippen LogP contribution is -2.27. The molecule has 1 aromatic rings. The van der Waals surface area contributed by atoms with Gasteiger partial charge in [-0.25, -0.2) is 13.1 Å². The highest BCUT2D eigenvalue weighted by molar-refractivity contribution is 7.88. The molecule has 1 aliphatic carbocycles. The van der Waals surface area contributed by atoms with Gasteiger partial charge in [0.05, 0.1) is 12.4 Å². The van der Waals surface area contributed by atoms with Gasteiger partial charge in [-0.15, -0.1) is 0 Å². The summed E-state index contributed by atoms with van der Waals surface area (Å²) < 4.78 is 26.6. The van der Waals surface area contributed by atoms with Gasteiger partial charge in [-0.1, -0.05) is 13.8 Å². The molecule has 1 atom stereocenters. The Hall–Kier alpha value is -0.850. The molecular weight excluding hydrogens is 276 g/mol. The Kier molecular flexibility index (Phi) is 4.27. The maximum Gasteiger partial charge on any atom is 0.208 e. The Morgan fingerprint density at radius 3 is 2.85 bits per heavy atom. The van der Waals surface area contributed by atoms with E-state index in [0.717, 1.165) is 31.4 Å². The summed E-state index contributed by atoms with van der Waals surface area (Å²) in [5.41, 5.74) is 2.32. The van der Waals surface area contributed by atoms with Gasteiger partial charge in [0.15, 0.2) is 0 Å². The van der Waals surface area contributed by atoms with Crippen molar-refractivity contribution in [3.05, 3.63) is 23.5 Å². The van der Waals surface area contributed by atoms with E-state index < -0.39 is 10.0 Å². The smallest absolute Gasteiger partial charge is 0.208 e. The molecule has 1 aromatic heterocycles. The predicted octanol–water partition coefficient (Wildman–Crippen LogP) is 1.43. The van der Waals surface area contributed by atoms with Gasteiger partial charge < -0.3 is 9.67 Å². The summed E-state index contributed by atoms with van der Waals surface area (Å²) in [7, 11) is -3.11. The average Bonchev–Trinajstić information content (AvgIpc) is 2.65. The Labute approximate surface area is 121 Å². The monoisotopic (exact) mass is 300 g/mol. The van der Waals surface area contributed by atoms with Gasteiger partial charge in [-0.2, -0.15) is 0 Å². The number of hydrogen-bond donors (Lipinski definition) is 2. The third-order valence-electron chi connectivity index (χ3n) is 3.80. The zero-order valence-electron chi connectivity index (χ0n) is 12.4. The molecule has 5 nitrogen and oxygen atoms in total. The van der Waals surface area contributed by atoms with E-state index in [1.54, 1.807) is 0 Å². The first-order valence-corrected chi connectivity index (χ1v) is 8.88. The van der Waals surface area contributed by atoms with Crippen molar-refractivity contribution in [2.45, 2.75) is 45.8 Å². The standard InChI is InChI=1S/C14H24N2O3S/c1-14(2)9-12-11(13(17)10-14)5-8-16(12)7-4-6-15-20(3,18)19/h5,8,13,15,17H,4,6-7,9-10H2,1-3H3. The lowest BCUT2D eigenvalue weighted by atomic mass is 9.75. The quantitative estimate of drug-likeness (QED) is 0.808. The van der Waals surface area contributed by atoms with Crippen LogP contribution in [0.15, 0.2) is 12.3 Å². The largest absolute Gasteiger partial charge is 0.388 e. The van der Waals surface area contributed by atoms with E-state index >= 15 is 0 Å². The van der Waals surface area contributed by atoms with Crippen LogP contribution in [0.1, 0.15) is 44.1 Å². The van der Waals surface area contributed by atoms with Crippen molar-refractivity contribution in [3.8, 4) is 0 Å². The second kappa shape index (κ2) is 5.50. The molecule has 0 saturated carbocycles. The fourth-order valence-electron chi connectivity index (χ4n) is 2.90. The van der Waals surface area contributed by atoms with Crippen LogP contribution in [0.4, 0.5) is 0 Å². The molecule has 1 unspecified atom stereocenters. The summed E-state index contributed by atoms with van der Waals surface area (Å²) in [4.78, 5) is 0. The number of nitrogens with one attached hydrogen (secondary N) is 1. The topological polar surface area (TPSA) is 71.3 Å². The number of aliphatic hydroxyl groups excluding tert-OH is 1. The van der Waals surface area contributed by atoms with Crippen LogP contribution in [0.25, 0.3) is 0 Å². The minimum Gasteiger partial charge on any atom is -0.388 e. The van der Waals surface area contributed by atoms with E-state index in [9.17, 15) is 13.5 Å². The number of nitrogens with zero attached hydrogens (tertiary/aromatic N) is 1. The van der Waals surface area contributed by atoms with Gasteiger partial charge in [0.2, 0.25) is 10.0 Å². The van der Waals surface area contributed by atoms with Crippen molar-refractivity contribution >= 4 is 10.0 Å². The number of fused-ring (bicyclic) bond motifs is 1. The summed E-state index contributed by atoms with van der Waals surface area (Å²) in [6, 6.07) is 1.99. The minimum atomic E-state index is -3.11. The maximum atomic E-state index is 11.0. The summed E-state index contributed by atoms with van der Waals surface area (Å²) in [6.45, 7) is 5.54. The molecule has 20 heavy (non-hydrogen) atoms.